The molecule has 1 aromatic carbocycles. The maximum atomic E-state index is 4.90. The summed E-state index contributed by atoms with van der Waals surface area (Å²) in [4.78, 5) is 11.5. The Morgan fingerprint density at radius 3 is 2.60 bits per heavy atom. The van der Waals surface area contributed by atoms with Gasteiger partial charge in [0.1, 0.15) is 18.0 Å². The number of rotatable bonds is 5. The highest BCUT2D eigenvalue weighted by Crippen LogP contribution is 2.25. The first-order valence-electron chi connectivity index (χ1n) is 9.98. The largest absolute Gasteiger partial charge is 0.349 e. The van der Waals surface area contributed by atoms with E-state index in [9.17, 15) is 0 Å². The molecular weight excluding hydrogens is 493 g/mol. The maximum Gasteiger partial charge on any atom is 0.194 e. The van der Waals surface area contributed by atoms with E-state index in [0.717, 1.165) is 49.4 Å². The lowest BCUT2D eigenvalue weighted by molar-refractivity contribution is 0.298. The van der Waals surface area contributed by atoms with Crippen molar-refractivity contribution in [2.75, 3.05) is 13.1 Å². The minimum absolute atomic E-state index is 0. The van der Waals surface area contributed by atoms with E-state index in [4.69, 9.17) is 4.99 Å². The van der Waals surface area contributed by atoms with Crippen molar-refractivity contribution in [3.63, 3.8) is 0 Å². The molecule has 0 amide bonds. The van der Waals surface area contributed by atoms with Gasteiger partial charge in [0.25, 0.3) is 0 Å². The van der Waals surface area contributed by atoms with Crippen molar-refractivity contribution < 1.29 is 0 Å². The number of aromatic nitrogens is 6. The lowest BCUT2D eigenvalue weighted by Crippen LogP contribution is -2.45. The Morgan fingerprint density at radius 2 is 1.97 bits per heavy atom. The molecule has 0 saturated carbocycles. The number of piperidine rings is 1. The summed E-state index contributed by atoms with van der Waals surface area (Å²) < 4.78 is 2.00. The Kier molecular flexibility index (Phi) is 7.77. The van der Waals surface area contributed by atoms with Gasteiger partial charge in [-0.15, -0.1) is 34.2 Å². The fraction of sp³-hybridized carbons (Fsp3) is 0.450. The number of nitrogens with one attached hydrogen (secondary N) is 2. The van der Waals surface area contributed by atoms with Crippen LogP contribution in [0.2, 0.25) is 0 Å². The lowest BCUT2D eigenvalue weighted by atomic mass is 9.96. The van der Waals surface area contributed by atoms with Gasteiger partial charge in [0, 0.05) is 26.1 Å². The average molecular weight is 521 g/mol. The van der Waals surface area contributed by atoms with Crippen LogP contribution in [-0.2, 0) is 20.1 Å². The van der Waals surface area contributed by atoms with Gasteiger partial charge in [-0.3, -0.25) is 5.10 Å². The summed E-state index contributed by atoms with van der Waals surface area (Å²) in [5, 5.41) is 18.9. The van der Waals surface area contributed by atoms with E-state index < -0.39 is 0 Å². The Labute approximate surface area is 193 Å². The van der Waals surface area contributed by atoms with Gasteiger partial charge in [-0.25, -0.2) is 9.98 Å². The first kappa shape index (κ1) is 22.2. The number of likely N-dealkylation sites (tertiary alicyclic amines) is 1. The van der Waals surface area contributed by atoms with Crippen LogP contribution in [0.1, 0.15) is 41.8 Å². The normalized spacial score (nSPS) is 15.1. The molecule has 3 aromatic rings. The number of aliphatic imine (C=N–C) groups is 1. The molecule has 2 aromatic heterocycles. The van der Waals surface area contributed by atoms with Crippen molar-refractivity contribution in [1.82, 2.24) is 40.2 Å². The van der Waals surface area contributed by atoms with Crippen molar-refractivity contribution in [2.45, 2.75) is 38.8 Å². The summed E-state index contributed by atoms with van der Waals surface area (Å²) in [6.45, 7) is 5.03. The van der Waals surface area contributed by atoms with Gasteiger partial charge < -0.3 is 14.8 Å². The molecule has 160 valence electrons. The van der Waals surface area contributed by atoms with Crippen LogP contribution in [-0.4, -0.2) is 53.9 Å². The van der Waals surface area contributed by atoms with E-state index in [1.54, 1.807) is 6.33 Å². The van der Waals surface area contributed by atoms with Crippen LogP contribution < -0.4 is 5.32 Å². The van der Waals surface area contributed by atoms with E-state index in [2.05, 4.69) is 47.7 Å². The molecule has 1 aliphatic heterocycles. The Bertz CT molecular complexity index is 929. The minimum atomic E-state index is 0. The summed E-state index contributed by atoms with van der Waals surface area (Å²) in [5.74, 6) is 4.11. The number of hydrogen-bond donors (Lipinski definition) is 2. The second-order valence-electron chi connectivity index (χ2n) is 7.33. The molecule has 30 heavy (non-hydrogen) atoms. The van der Waals surface area contributed by atoms with Crippen LogP contribution in [0.5, 0.6) is 0 Å². The Morgan fingerprint density at radius 1 is 1.20 bits per heavy atom. The second kappa shape index (κ2) is 10.5. The van der Waals surface area contributed by atoms with Crippen molar-refractivity contribution in [3.8, 4) is 0 Å². The third-order valence-electron chi connectivity index (χ3n) is 5.46. The van der Waals surface area contributed by atoms with Gasteiger partial charge in [0.05, 0.1) is 13.1 Å². The van der Waals surface area contributed by atoms with Gasteiger partial charge in [0.15, 0.2) is 11.8 Å². The summed E-state index contributed by atoms with van der Waals surface area (Å²) in [7, 11) is 1.98. The van der Waals surface area contributed by atoms with Crippen LogP contribution in [0.15, 0.2) is 41.7 Å². The summed E-state index contributed by atoms with van der Waals surface area (Å²) in [5.41, 5.74) is 1.19. The fourth-order valence-electron chi connectivity index (χ4n) is 3.56. The van der Waals surface area contributed by atoms with E-state index in [0.29, 0.717) is 19.0 Å². The Hall–Kier alpha value is -2.50. The second-order valence-corrected chi connectivity index (χ2v) is 7.33. The summed E-state index contributed by atoms with van der Waals surface area (Å²) in [6, 6.07) is 10.3. The molecule has 10 heteroatoms. The van der Waals surface area contributed by atoms with E-state index in [-0.39, 0.29) is 24.0 Å². The highest BCUT2D eigenvalue weighted by molar-refractivity contribution is 14.0. The Balaban J connectivity index is 0.00000256. The summed E-state index contributed by atoms with van der Waals surface area (Å²) >= 11 is 0. The number of benzene rings is 1. The molecule has 9 nitrogen and oxygen atoms in total. The molecular formula is C20H28IN9. The van der Waals surface area contributed by atoms with Crippen molar-refractivity contribution in [3.05, 3.63) is 59.7 Å². The van der Waals surface area contributed by atoms with Crippen LogP contribution in [0, 0.1) is 6.92 Å². The number of aryl methyl sites for hydroxylation is 1. The smallest absolute Gasteiger partial charge is 0.194 e. The van der Waals surface area contributed by atoms with Gasteiger partial charge in [-0.2, -0.15) is 5.10 Å². The van der Waals surface area contributed by atoms with Crippen LogP contribution in [0.3, 0.4) is 0 Å². The van der Waals surface area contributed by atoms with E-state index in [1.165, 1.54) is 5.56 Å². The third-order valence-corrected chi connectivity index (χ3v) is 5.46. The molecule has 3 heterocycles. The summed E-state index contributed by atoms with van der Waals surface area (Å²) in [6.07, 6.45) is 3.62. The number of nitrogens with zero attached hydrogens (tertiary/aromatic N) is 7. The van der Waals surface area contributed by atoms with Crippen LogP contribution in [0.25, 0.3) is 0 Å². The standard InChI is InChI=1S/C20H27N9.HI/c1-15-25-26-18(28(15)2)13-22-20(21-12-16-6-4-3-5-7-16)29-10-8-17(9-11-29)19-23-14-24-27-19;/h3-7,14,17H,8-13H2,1-2H3,(H,21,22)(H,23,24,27);1H. The van der Waals surface area contributed by atoms with Gasteiger partial charge in [0.2, 0.25) is 0 Å². The van der Waals surface area contributed by atoms with Crippen LogP contribution >= 0.6 is 24.0 Å². The fourth-order valence-corrected chi connectivity index (χ4v) is 3.56. The average Bonchev–Trinajstić information content (AvgIpc) is 3.41. The SMILES string of the molecule is Cc1nnc(CNC(=NCc2ccccc2)N2CCC(c3ncn[nH]3)CC2)n1C.I. The molecule has 0 aliphatic carbocycles. The third kappa shape index (κ3) is 5.35. The number of aromatic amines is 1. The number of guanidine groups is 1. The molecule has 0 atom stereocenters. The molecule has 1 fully saturated rings. The molecule has 1 aliphatic rings. The van der Waals surface area contributed by atoms with E-state index >= 15 is 0 Å². The quantitative estimate of drug-likeness (QED) is 0.304. The number of H-pyrrole nitrogens is 1. The maximum absolute atomic E-state index is 4.90. The zero-order valence-corrected chi connectivity index (χ0v) is 19.7. The highest BCUT2D eigenvalue weighted by Gasteiger charge is 2.24. The zero-order chi connectivity index (χ0) is 20.1. The van der Waals surface area contributed by atoms with Crippen LogP contribution in [0.4, 0.5) is 0 Å². The van der Waals surface area contributed by atoms with Gasteiger partial charge >= 0.3 is 0 Å². The van der Waals surface area contributed by atoms with Crippen molar-refractivity contribution in [1.29, 1.82) is 0 Å². The van der Waals surface area contributed by atoms with Crippen molar-refractivity contribution >= 4 is 29.9 Å². The predicted molar refractivity (Wildman–Crippen MR) is 126 cm³/mol. The molecule has 4 rings (SSSR count). The zero-order valence-electron chi connectivity index (χ0n) is 17.3. The minimum Gasteiger partial charge on any atom is -0.349 e. The first-order valence-corrected chi connectivity index (χ1v) is 9.98. The monoisotopic (exact) mass is 521 g/mol. The van der Waals surface area contributed by atoms with E-state index in [1.807, 2.05) is 36.7 Å². The topological polar surface area (TPSA) is 99.9 Å². The number of halogens is 1. The molecule has 0 unspecified atom stereocenters. The molecule has 0 radical (unpaired) electrons. The van der Waals surface area contributed by atoms with Crippen molar-refractivity contribution in [2.24, 2.45) is 12.0 Å². The first-order chi connectivity index (χ1) is 14.2. The predicted octanol–water partition coefficient (Wildman–Crippen LogP) is 2.39. The van der Waals surface area contributed by atoms with Gasteiger partial charge in [-0.1, -0.05) is 30.3 Å². The number of hydrogen-bond acceptors (Lipinski definition) is 5. The molecule has 0 spiro atoms. The highest BCUT2D eigenvalue weighted by atomic mass is 127. The lowest BCUT2D eigenvalue weighted by Gasteiger charge is -2.33. The van der Waals surface area contributed by atoms with Gasteiger partial charge in [-0.05, 0) is 25.3 Å². The molecule has 1 saturated heterocycles. The molecule has 2 N–H and O–H groups in total. The molecule has 0 bridgehead atoms.